The van der Waals surface area contributed by atoms with Gasteiger partial charge < -0.3 is 15.5 Å². The minimum absolute atomic E-state index is 0.160. The molecule has 0 aliphatic heterocycles. The normalized spacial score (nSPS) is 12.1. The van der Waals surface area contributed by atoms with Crippen LogP contribution in [0.3, 0.4) is 0 Å². The van der Waals surface area contributed by atoms with Crippen molar-refractivity contribution in [1.29, 1.82) is 0 Å². The average molecular weight is 279 g/mol. The van der Waals surface area contributed by atoms with Crippen LogP contribution in [-0.4, -0.2) is 11.9 Å². The summed E-state index contributed by atoms with van der Waals surface area (Å²) in [6.07, 6.45) is 2.40. The van der Waals surface area contributed by atoms with Crippen LogP contribution in [0.5, 0.6) is 0 Å². The summed E-state index contributed by atoms with van der Waals surface area (Å²) < 4.78 is 5.29. The molecule has 1 aromatic carbocycles. The summed E-state index contributed by atoms with van der Waals surface area (Å²) in [6.45, 7) is 2.03. The number of nitrogens with one attached hydrogen (secondary N) is 1. The first-order valence-corrected chi connectivity index (χ1v) is 6.32. The molecule has 1 aromatic heterocycles. The summed E-state index contributed by atoms with van der Waals surface area (Å²) in [6, 6.07) is 9.07. The van der Waals surface area contributed by atoms with E-state index in [-0.39, 0.29) is 6.04 Å². The summed E-state index contributed by atoms with van der Waals surface area (Å²) in [4.78, 5) is 11.2. The second-order valence-corrected chi connectivity index (χ2v) is 4.79. The molecular weight excluding hydrogens is 264 g/mol. The zero-order chi connectivity index (χ0) is 13.8. The predicted molar refractivity (Wildman–Crippen MR) is 75.5 cm³/mol. The van der Waals surface area contributed by atoms with Gasteiger partial charge in [-0.15, -0.1) is 0 Å². The maximum absolute atomic E-state index is 11.2. The standard InChI is InChI=1S/C14H15ClN2O2/c1-9(7-11-3-2-6-19-11)17-10-4-5-13(15)12(8-10)14(16)18/h2-6,8-9,17H,7H2,1H3,(H2,16,18). The fraction of sp³-hybridized carbons (Fsp3) is 0.214. The monoisotopic (exact) mass is 278 g/mol. The Balaban J connectivity index is 2.06. The van der Waals surface area contributed by atoms with Gasteiger partial charge in [0, 0.05) is 18.2 Å². The third-order valence-corrected chi connectivity index (χ3v) is 3.06. The van der Waals surface area contributed by atoms with Crippen LogP contribution in [0, 0.1) is 0 Å². The lowest BCUT2D eigenvalue weighted by molar-refractivity contribution is 0.100. The zero-order valence-electron chi connectivity index (χ0n) is 10.5. The Hall–Kier alpha value is -1.94. The van der Waals surface area contributed by atoms with Gasteiger partial charge in [0.2, 0.25) is 5.91 Å². The molecule has 0 aliphatic rings. The number of halogens is 1. The van der Waals surface area contributed by atoms with E-state index in [4.69, 9.17) is 21.8 Å². The molecule has 1 amide bonds. The maximum atomic E-state index is 11.2. The van der Waals surface area contributed by atoms with Crippen LogP contribution in [-0.2, 0) is 6.42 Å². The van der Waals surface area contributed by atoms with E-state index in [0.29, 0.717) is 10.6 Å². The molecule has 0 radical (unpaired) electrons. The van der Waals surface area contributed by atoms with Gasteiger partial charge in [-0.05, 0) is 37.3 Å². The number of amides is 1. The first kappa shape index (κ1) is 13.5. The van der Waals surface area contributed by atoms with Crippen LogP contribution in [0.2, 0.25) is 5.02 Å². The molecule has 3 N–H and O–H groups in total. The highest BCUT2D eigenvalue weighted by Gasteiger charge is 2.10. The summed E-state index contributed by atoms with van der Waals surface area (Å²) in [5, 5.41) is 3.63. The van der Waals surface area contributed by atoms with Crippen molar-refractivity contribution in [2.75, 3.05) is 5.32 Å². The van der Waals surface area contributed by atoms with Crippen molar-refractivity contribution in [1.82, 2.24) is 0 Å². The van der Waals surface area contributed by atoms with Crippen LogP contribution >= 0.6 is 11.6 Å². The van der Waals surface area contributed by atoms with Gasteiger partial charge in [-0.1, -0.05) is 11.6 Å². The molecular formula is C14H15ClN2O2. The minimum atomic E-state index is -0.535. The van der Waals surface area contributed by atoms with Crippen LogP contribution in [0.15, 0.2) is 41.0 Å². The van der Waals surface area contributed by atoms with Gasteiger partial charge in [0.25, 0.3) is 0 Å². The van der Waals surface area contributed by atoms with E-state index >= 15 is 0 Å². The fourth-order valence-corrected chi connectivity index (χ4v) is 2.08. The lowest BCUT2D eigenvalue weighted by Crippen LogP contribution is -2.18. The molecule has 2 rings (SSSR count). The molecule has 1 heterocycles. The molecule has 1 unspecified atom stereocenters. The summed E-state index contributed by atoms with van der Waals surface area (Å²) in [5.74, 6) is 0.372. The molecule has 1 atom stereocenters. The number of furan rings is 1. The van der Waals surface area contributed by atoms with Gasteiger partial charge in [-0.2, -0.15) is 0 Å². The highest BCUT2D eigenvalue weighted by atomic mass is 35.5. The third-order valence-electron chi connectivity index (χ3n) is 2.73. The molecule has 100 valence electrons. The maximum Gasteiger partial charge on any atom is 0.250 e. The molecule has 0 saturated carbocycles. The van der Waals surface area contributed by atoms with Gasteiger partial charge in [-0.3, -0.25) is 4.79 Å². The molecule has 5 heteroatoms. The van der Waals surface area contributed by atoms with Crippen LogP contribution in [0.1, 0.15) is 23.0 Å². The van der Waals surface area contributed by atoms with Gasteiger partial charge in [0.1, 0.15) is 5.76 Å². The summed E-state index contributed by atoms with van der Waals surface area (Å²) in [7, 11) is 0. The van der Waals surface area contributed by atoms with Crippen molar-refractivity contribution in [2.24, 2.45) is 5.73 Å². The Bertz CT molecular complexity index is 567. The molecule has 0 spiro atoms. The second kappa shape index (κ2) is 5.80. The van der Waals surface area contributed by atoms with Gasteiger partial charge in [0.05, 0.1) is 16.8 Å². The Kier molecular flexibility index (Phi) is 4.12. The lowest BCUT2D eigenvalue weighted by Gasteiger charge is -2.15. The smallest absolute Gasteiger partial charge is 0.250 e. The topological polar surface area (TPSA) is 68.3 Å². The molecule has 2 aromatic rings. The number of carbonyl (C=O) groups excluding carboxylic acids is 1. The average Bonchev–Trinajstić information content (AvgIpc) is 2.84. The summed E-state index contributed by atoms with van der Waals surface area (Å²) in [5.41, 5.74) is 6.38. The van der Waals surface area contributed by atoms with Gasteiger partial charge >= 0.3 is 0 Å². The van der Waals surface area contributed by atoms with E-state index in [1.165, 1.54) is 0 Å². The van der Waals surface area contributed by atoms with Crippen molar-refractivity contribution in [2.45, 2.75) is 19.4 Å². The SMILES string of the molecule is CC(Cc1ccco1)Nc1ccc(Cl)c(C(N)=O)c1. The number of nitrogens with two attached hydrogens (primary N) is 1. The van der Waals surface area contributed by atoms with Gasteiger partial charge in [-0.25, -0.2) is 0 Å². The van der Waals surface area contributed by atoms with Gasteiger partial charge in [0.15, 0.2) is 0 Å². The molecule has 0 aliphatic carbocycles. The van der Waals surface area contributed by atoms with Crippen molar-refractivity contribution in [3.63, 3.8) is 0 Å². The van der Waals surface area contributed by atoms with E-state index in [1.807, 2.05) is 25.1 Å². The number of anilines is 1. The molecule has 0 saturated heterocycles. The first-order valence-electron chi connectivity index (χ1n) is 5.94. The van der Waals surface area contributed by atoms with Crippen molar-refractivity contribution in [3.8, 4) is 0 Å². The lowest BCUT2D eigenvalue weighted by atomic mass is 10.1. The van der Waals surface area contributed by atoms with Crippen molar-refractivity contribution >= 4 is 23.2 Å². The summed E-state index contributed by atoms with van der Waals surface area (Å²) >= 11 is 5.90. The Morgan fingerprint density at radius 2 is 2.26 bits per heavy atom. The largest absolute Gasteiger partial charge is 0.469 e. The van der Waals surface area contributed by atoms with E-state index < -0.39 is 5.91 Å². The Morgan fingerprint density at radius 3 is 2.89 bits per heavy atom. The predicted octanol–water partition coefficient (Wildman–Crippen LogP) is 3.08. The number of hydrogen-bond donors (Lipinski definition) is 2. The minimum Gasteiger partial charge on any atom is -0.469 e. The zero-order valence-corrected chi connectivity index (χ0v) is 11.3. The van der Waals surface area contributed by atoms with Crippen LogP contribution in [0.25, 0.3) is 0 Å². The molecule has 4 nitrogen and oxygen atoms in total. The van der Waals surface area contributed by atoms with Crippen molar-refractivity contribution < 1.29 is 9.21 Å². The molecule has 0 fully saturated rings. The number of hydrogen-bond acceptors (Lipinski definition) is 3. The van der Waals surface area contributed by atoms with E-state index in [2.05, 4.69) is 5.32 Å². The quantitative estimate of drug-likeness (QED) is 0.883. The fourth-order valence-electron chi connectivity index (χ4n) is 1.87. The van der Waals surface area contributed by atoms with E-state index in [0.717, 1.165) is 17.9 Å². The highest BCUT2D eigenvalue weighted by molar-refractivity contribution is 6.33. The van der Waals surface area contributed by atoms with Crippen LogP contribution in [0.4, 0.5) is 5.69 Å². The van der Waals surface area contributed by atoms with Crippen LogP contribution < -0.4 is 11.1 Å². The second-order valence-electron chi connectivity index (χ2n) is 4.39. The number of benzene rings is 1. The molecule has 0 bridgehead atoms. The number of carbonyl (C=O) groups is 1. The number of primary amides is 1. The Labute approximate surface area is 116 Å². The Morgan fingerprint density at radius 1 is 1.47 bits per heavy atom. The van der Waals surface area contributed by atoms with E-state index in [9.17, 15) is 4.79 Å². The molecule has 19 heavy (non-hydrogen) atoms. The van der Waals surface area contributed by atoms with E-state index in [1.54, 1.807) is 18.4 Å². The third kappa shape index (κ3) is 3.51. The highest BCUT2D eigenvalue weighted by Crippen LogP contribution is 2.21. The number of rotatable bonds is 5. The first-order chi connectivity index (χ1) is 9.06. The van der Waals surface area contributed by atoms with Crippen molar-refractivity contribution in [3.05, 3.63) is 52.9 Å².